The minimum Gasteiger partial charge on any atom is -0.421 e. The first-order valence-electron chi connectivity index (χ1n) is 4.87. The summed E-state index contributed by atoms with van der Waals surface area (Å²) < 4.78 is 59.5. The quantitative estimate of drug-likeness (QED) is 0.805. The van der Waals surface area contributed by atoms with E-state index in [1.54, 1.807) is 6.92 Å². The number of nitrogens with two attached hydrogens (primary N) is 1. The van der Waals surface area contributed by atoms with Crippen molar-refractivity contribution in [3.8, 4) is 11.5 Å². The average Bonchev–Trinajstić information content (AvgIpc) is 2.18. The van der Waals surface area contributed by atoms with Crippen LogP contribution in [0.3, 0.4) is 0 Å². The average molecular weight is 286 g/mol. The molecule has 1 atom stereocenters. The summed E-state index contributed by atoms with van der Waals surface area (Å²) in [5.74, 6) is -1.08. The van der Waals surface area contributed by atoms with Gasteiger partial charge in [-0.25, -0.2) is 0 Å². The molecule has 2 N–H and O–H groups in total. The molecule has 0 bridgehead atoms. The lowest BCUT2D eigenvalue weighted by Gasteiger charge is -2.32. The lowest BCUT2D eigenvalue weighted by Crippen LogP contribution is -2.52. The zero-order valence-corrected chi connectivity index (χ0v) is 9.77. The summed E-state index contributed by atoms with van der Waals surface area (Å²) >= 11 is 5.77. The Kier molecular flexibility index (Phi) is 2.86. The van der Waals surface area contributed by atoms with Gasteiger partial charge in [0.1, 0.15) is 0 Å². The van der Waals surface area contributed by atoms with E-state index in [1.807, 2.05) is 0 Å². The third kappa shape index (κ3) is 1.97. The Bertz CT molecular complexity index is 493. The molecule has 1 aromatic carbocycles. The smallest absolute Gasteiger partial charge is 0.421 e. The molecule has 100 valence electrons. The molecule has 1 aliphatic rings. The van der Waals surface area contributed by atoms with Gasteiger partial charge in [-0.2, -0.15) is 17.6 Å². The minimum absolute atomic E-state index is 0.0355. The van der Waals surface area contributed by atoms with Gasteiger partial charge in [-0.1, -0.05) is 11.6 Å². The molecular weight excluding hydrogens is 278 g/mol. The van der Waals surface area contributed by atoms with E-state index >= 15 is 0 Å². The van der Waals surface area contributed by atoms with E-state index in [1.165, 1.54) is 0 Å². The molecule has 0 aromatic heterocycles. The van der Waals surface area contributed by atoms with Crippen LogP contribution < -0.4 is 15.2 Å². The van der Waals surface area contributed by atoms with Crippen LogP contribution in [-0.4, -0.2) is 12.2 Å². The van der Waals surface area contributed by atoms with Gasteiger partial charge >= 0.3 is 12.2 Å². The van der Waals surface area contributed by atoms with Gasteiger partial charge in [0.15, 0.2) is 11.5 Å². The Morgan fingerprint density at radius 3 is 2.00 bits per heavy atom. The van der Waals surface area contributed by atoms with Crippen LogP contribution in [0.15, 0.2) is 12.1 Å². The second-order valence-electron chi connectivity index (χ2n) is 3.85. The number of alkyl halides is 4. The highest BCUT2D eigenvalue weighted by atomic mass is 35.5. The maximum absolute atomic E-state index is 12.9. The van der Waals surface area contributed by atoms with Crippen molar-refractivity contribution < 1.29 is 27.0 Å². The van der Waals surface area contributed by atoms with E-state index in [0.29, 0.717) is 5.56 Å². The van der Waals surface area contributed by atoms with Crippen LogP contribution in [0.5, 0.6) is 11.5 Å². The number of halogens is 5. The van der Waals surface area contributed by atoms with Crippen molar-refractivity contribution in [1.29, 1.82) is 0 Å². The molecule has 0 radical (unpaired) electrons. The third-order valence-corrected chi connectivity index (χ3v) is 2.70. The zero-order valence-electron chi connectivity index (χ0n) is 9.02. The van der Waals surface area contributed by atoms with Gasteiger partial charge in [0.2, 0.25) is 0 Å². The number of fused-ring (bicyclic) bond motifs is 1. The van der Waals surface area contributed by atoms with Crippen LogP contribution in [0.25, 0.3) is 0 Å². The molecule has 0 saturated heterocycles. The van der Waals surface area contributed by atoms with E-state index in [0.717, 1.165) is 12.1 Å². The monoisotopic (exact) mass is 285 g/mol. The molecule has 1 heterocycles. The highest BCUT2D eigenvalue weighted by molar-refractivity contribution is 6.31. The summed E-state index contributed by atoms with van der Waals surface area (Å²) in [6.45, 7) is 1.56. The highest BCUT2D eigenvalue weighted by Crippen LogP contribution is 2.48. The summed E-state index contributed by atoms with van der Waals surface area (Å²) in [5, 5.41) is 0.0355. The predicted octanol–water partition coefficient (Wildman–Crippen LogP) is 3.32. The molecule has 0 amide bonds. The van der Waals surface area contributed by atoms with Crippen molar-refractivity contribution in [1.82, 2.24) is 0 Å². The molecule has 18 heavy (non-hydrogen) atoms. The second-order valence-corrected chi connectivity index (χ2v) is 4.25. The second kappa shape index (κ2) is 3.89. The Labute approximate surface area is 104 Å². The molecule has 0 aliphatic carbocycles. The lowest BCUT2D eigenvalue weighted by molar-refractivity contribution is -0.391. The predicted molar refractivity (Wildman–Crippen MR) is 55.2 cm³/mol. The van der Waals surface area contributed by atoms with Crippen LogP contribution in [0.4, 0.5) is 17.6 Å². The topological polar surface area (TPSA) is 44.5 Å². The van der Waals surface area contributed by atoms with Crippen LogP contribution in [0, 0.1) is 0 Å². The standard InChI is InChI=1S/C10H8ClF4NO2/c1-4(16)5-2-7-8(3-6(5)11)18-10(14,15)9(12,13)17-7/h2-4H,16H2,1H3. The van der Waals surface area contributed by atoms with Crippen molar-refractivity contribution in [2.24, 2.45) is 5.73 Å². The minimum atomic E-state index is -4.75. The summed E-state index contributed by atoms with van der Waals surface area (Å²) in [4.78, 5) is 0. The number of rotatable bonds is 1. The van der Waals surface area contributed by atoms with Crippen molar-refractivity contribution in [3.63, 3.8) is 0 Å². The fourth-order valence-corrected chi connectivity index (χ4v) is 1.78. The number of ether oxygens (including phenoxy) is 2. The van der Waals surface area contributed by atoms with Crippen LogP contribution >= 0.6 is 11.6 Å². The third-order valence-electron chi connectivity index (χ3n) is 2.37. The van der Waals surface area contributed by atoms with E-state index in [9.17, 15) is 17.6 Å². The summed E-state index contributed by atoms with van der Waals surface area (Å²) in [7, 11) is 0. The number of hydrogen-bond donors (Lipinski definition) is 1. The fourth-order valence-electron chi connectivity index (χ4n) is 1.45. The van der Waals surface area contributed by atoms with E-state index in [-0.39, 0.29) is 5.02 Å². The molecule has 8 heteroatoms. The molecule has 1 unspecified atom stereocenters. The van der Waals surface area contributed by atoms with Gasteiger partial charge in [-0.05, 0) is 18.6 Å². The maximum Gasteiger partial charge on any atom is 0.507 e. The van der Waals surface area contributed by atoms with Gasteiger partial charge in [0.25, 0.3) is 0 Å². The van der Waals surface area contributed by atoms with Crippen LogP contribution in [-0.2, 0) is 0 Å². The SMILES string of the molecule is CC(N)c1cc2c(cc1Cl)OC(F)(F)C(F)(F)O2. The van der Waals surface area contributed by atoms with E-state index < -0.39 is 29.8 Å². The van der Waals surface area contributed by atoms with Crippen molar-refractivity contribution >= 4 is 11.6 Å². The first-order chi connectivity index (χ1) is 8.14. The molecule has 0 fully saturated rings. The van der Waals surface area contributed by atoms with Gasteiger partial charge in [0.05, 0.1) is 0 Å². The lowest BCUT2D eigenvalue weighted by atomic mass is 10.1. The Morgan fingerprint density at radius 2 is 1.56 bits per heavy atom. The van der Waals surface area contributed by atoms with Gasteiger partial charge in [-0.15, -0.1) is 0 Å². The van der Waals surface area contributed by atoms with Crippen molar-refractivity contribution in [2.45, 2.75) is 25.2 Å². The first kappa shape index (κ1) is 13.2. The molecule has 0 spiro atoms. The Morgan fingerprint density at radius 1 is 1.11 bits per heavy atom. The highest BCUT2D eigenvalue weighted by Gasteiger charge is 2.66. The molecule has 1 aromatic rings. The Hall–Kier alpha value is -1.21. The largest absolute Gasteiger partial charge is 0.507 e. The molecule has 3 nitrogen and oxygen atoms in total. The fraction of sp³-hybridized carbons (Fsp3) is 0.400. The van der Waals surface area contributed by atoms with E-state index in [4.69, 9.17) is 17.3 Å². The Balaban J connectivity index is 2.51. The molecule has 0 saturated carbocycles. The van der Waals surface area contributed by atoms with Crippen LogP contribution in [0.1, 0.15) is 18.5 Å². The molecular formula is C10H8ClF4NO2. The van der Waals surface area contributed by atoms with Crippen molar-refractivity contribution in [3.05, 3.63) is 22.7 Å². The molecule has 1 aliphatic heterocycles. The number of hydrogen-bond acceptors (Lipinski definition) is 3. The normalized spacial score (nSPS) is 21.5. The van der Waals surface area contributed by atoms with Crippen LogP contribution in [0.2, 0.25) is 5.02 Å². The number of benzene rings is 1. The first-order valence-corrected chi connectivity index (χ1v) is 5.24. The molecule has 2 rings (SSSR count). The van der Waals surface area contributed by atoms with Crippen molar-refractivity contribution in [2.75, 3.05) is 0 Å². The van der Waals surface area contributed by atoms with E-state index in [2.05, 4.69) is 9.47 Å². The maximum atomic E-state index is 12.9. The van der Waals surface area contributed by atoms with Gasteiger partial charge in [-0.3, -0.25) is 0 Å². The van der Waals surface area contributed by atoms with Gasteiger partial charge in [0, 0.05) is 17.1 Å². The summed E-state index contributed by atoms with van der Waals surface area (Å²) in [5.41, 5.74) is 5.84. The summed E-state index contributed by atoms with van der Waals surface area (Å²) in [6, 6.07) is 1.46. The zero-order chi connectivity index (χ0) is 13.7. The summed E-state index contributed by atoms with van der Waals surface area (Å²) in [6.07, 6.45) is -9.50. The van der Waals surface area contributed by atoms with Gasteiger partial charge < -0.3 is 15.2 Å².